The lowest BCUT2D eigenvalue weighted by molar-refractivity contribution is -0.114. The number of rotatable bonds is 4. The van der Waals surface area contributed by atoms with Gasteiger partial charge in [0.2, 0.25) is 0 Å². The lowest BCUT2D eigenvalue weighted by atomic mass is 9.68. The van der Waals surface area contributed by atoms with Crippen LogP contribution < -0.4 is 26.1 Å². The van der Waals surface area contributed by atoms with Crippen molar-refractivity contribution < 1.29 is 24.2 Å². The second-order valence-electron chi connectivity index (χ2n) is 26.1. The molecule has 76 heavy (non-hydrogen) atoms. The molecular formula is C63H74N6O6S. The van der Waals surface area contributed by atoms with E-state index in [0.29, 0.717) is 16.7 Å². The zero-order chi connectivity index (χ0) is 54.8. The molecule has 398 valence electrons. The highest BCUT2D eigenvalue weighted by Gasteiger charge is 2.45. The highest BCUT2D eigenvalue weighted by molar-refractivity contribution is 7.21. The fourth-order valence-electron chi connectivity index (χ4n) is 13.0. The number of phenols is 2. The number of aldehydes is 1. The Bertz CT molecular complexity index is 3510. The smallest absolute Gasteiger partial charge is 0.346 e. The van der Waals surface area contributed by atoms with Gasteiger partial charge in [0.1, 0.15) is 33.7 Å². The molecule has 0 radical (unpaired) electrons. The quantitative estimate of drug-likeness (QED) is 0.0662. The molecule has 0 saturated carbocycles. The van der Waals surface area contributed by atoms with Gasteiger partial charge in [0.05, 0.1) is 21.3 Å². The summed E-state index contributed by atoms with van der Waals surface area (Å²) in [6.45, 7) is 32.8. The van der Waals surface area contributed by atoms with Crippen LogP contribution in [0.15, 0.2) is 63.3 Å². The van der Waals surface area contributed by atoms with Crippen LogP contribution in [0, 0.1) is 11.3 Å². The van der Waals surface area contributed by atoms with Crippen LogP contribution in [0.5, 0.6) is 11.5 Å². The van der Waals surface area contributed by atoms with Crippen molar-refractivity contribution in [3.63, 3.8) is 0 Å². The number of fused-ring (bicyclic) bond motifs is 3. The molecule has 0 aliphatic carbocycles. The van der Waals surface area contributed by atoms with Crippen LogP contribution in [-0.2, 0) is 37.3 Å². The predicted molar refractivity (Wildman–Crippen MR) is 308 cm³/mol. The number of phenolic OH excluding ortho intramolecular Hbond substituents is 2. The van der Waals surface area contributed by atoms with Crippen LogP contribution in [0.3, 0.4) is 0 Å². The van der Waals surface area contributed by atoms with E-state index in [0.717, 1.165) is 133 Å². The zero-order valence-corrected chi connectivity index (χ0v) is 47.3. The normalized spacial score (nSPS) is 20.4. The van der Waals surface area contributed by atoms with Gasteiger partial charge in [-0.05, 0) is 130 Å². The molecule has 12 rings (SSSR count). The van der Waals surface area contributed by atoms with E-state index >= 15 is 0 Å². The van der Waals surface area contributed by atoms with Crippen molar-refractivity contribution in [2.24, 2.45) is 5.73 Å². The van der Waals surface area contributed by atoms with Gasteiger partial charge in [-0.25, -0.2) is 9.78 Å². The summed E-state index contributed by atoms with van der Waals surface area (Å²) in [5.74, 6) is -0.445. The summed E-state index contributed by atoms with van der Waals surface area (Å²) in [4.78, 5) is 47.9. The number of thiazole rings is 1. The summed E-state index contributed by atoms with van der Waals surface area (Å²) in [7, 11) is 0. The topological polar surface area (TPSA) is 177 Å². The Morgan fingerprint density at radius 3 is 1.57 bits per heavy atom. The van der Waals surface area contributed by atoms with Crippen LogP contribution in [0.4, 0.5) is 17.1 Å². The number of primary amides is 1. The molecule has 0 atom stereocenters. The van der Waals surface area contributed by atoms with Crippen molar-refractivity contribution in [1.82, 2.24) is 4.98 Å². The Kier molecular flexibility index (Phi) is 12.7. The van der Waals surface area contributed by atoms with Crippen LogP contribution in [0.2, 0.25) is 0 Å². The number of hydrogen-bond donors (Lipinski definition) is 3. The molecule has 13 heteroatoms. The van der Waals surface area contributed by atoms with Gasteiger partial charge >= 0.3 is 5.63 Å². The molecule has 0 spiro atoms. The first kappa shape index (κ1) is 52.8. The molecule has 4 aromatic carbocycles. The third kappa shape index (κ3) is 8.72. The lowest BCUT2D eigenvalue weighted by Crippen LogP contribution is -2.44. The molecule has 0 saturated heterocycles. The van der Waals surface area contributed by atoms with E-state index in [4.69, 9.17) is 20.4 Å². The van der Waals surface area contributed by atoms with E-state index in [9.17, 15) is 24.6 Å². The van der Waals surface area contributed by atoms with Crippen LogP contribution in [0.25, 0.3) is 37.8 Å². The maximum atomic E-state index is 13.2. The number of aromatic hydroxyl groups is 2. The van der Waals surface area contributed by atoms with Crippen molar-refractivity contribution in [2.75, 3.05) is 54.0 Å². The first-order chi connectivity index (χ1) is 35.6. The van der Waals surface area contributed by atoms with E-state index in [1.54, 1.807) is 11.3 Å². The van der Waals surface area contributed by atoms with E-state index in [1.165, 1.54) is 34.1 Å². The number of carbonyl (C=O) groups is 2. The number of amides is 1. The lowest BCUT2D eigenvalue weighted by Gasteiger charge is -2.48. The SMILES string of the molecule is CC1(C)CCN2CCC(C)(C)c3c(O)c(/C=C(/C#N)C(N)=O)cc1c32.CC1(C)CCN2CCC(C)(C)c3c(O)c(C=O)cc1c32.CC1(C)CCN2CCC(C)(C)c3c2c1cc1cc(-c2nc4ccccc4s2)c(=O)oc31. The highest BCUT2D eigenvalue weighted by atomic mass is 32.1. The Morgan fingerprint density at radius 1 is 0.658 bits per heavy atom. The highest BCUT2D eigenvalue weighted by Crippen LogP contribution is 2.56. The first-order valence-electron chi connectivity index (χ1n) is 27.1. The van der Waals surface area contributed by atoms with Gasteiger partial charge in [-0.3, -0.25) is 9.59 Å². The van der Waals surface area contributed by atoms with Gasteiger partial charge in [-0.15, -0.1) is 11.3 Å². The van der Waals surface area contributed by atoms with Crippen molar-refractivity contribution in [2.45, 2.75) is 154 Å². The monoisotopic (exact) mass is 1040 g/mol. The van der Waals surface area contributed by atoms with Gasteiger partial charge in [-0.2, -0.15) is 5.26 Å². The summed E-state index contributed by atoms with van der Waals surface area (Å²) in [5, 5.41) is 32.4. The number of hydrogen-bond acceptors (Lipinski definition) is 12. The molecule has 0 fully saturated rings. The molecule has 4 N–H and O–H groups in total. The summed E-state index contributed by atoms with van der Waals surface area (Å²) in [6.07, 6.45) is 8.45. The van der Waals surface area contributed by atoms with Crippen molar-refractivity contribution in [3.05, 3.63) is 109 Å². The molecule has 0 unspecified atom stereocenters. The number of nitrogens with zero attached hydrogens (tertiary/aromatic N) is 5. The molecule has 1 amide bonds. The fourth-order valence-corrected chi connectivity index (χ4v) is 14.0. The van der Waals surface area contributed by atoms with Crippen LogP contribution >= 0.6 is 11.3 Å². The number of carbonyl (C=O) groups excluding carboxylic acids is 2. The summed E-state index contributed by atoms with van der Waals surface area (Å²) in [6, 6.07) is 17.9. The van der Waals surface area contributed by atoms with E-state index in [-0.39, 0.29) is 55.2 Å². The molecule has 8 heterocycles. The third-order valence-electron chi connectivity index (χ3n) is 18.1. The Balaban J connectivity index is 0.000000133. The van der Waals surface area contributed by atoms with Crippen LogP contribution in [0.1, 0.15) is 171 Å². The van der Waals surface area contributed by atoms with Crippen molar-refractivity contribution in [3.8, 4) is 28.1 Å². The molecule has 2 aromatic heterocycles. The van der Waals surface area contributed by atoms with E-state index in [1.807, 2.05) is 48.5 Å². The number of nitriles is 1. The number of anilines is 3. The molecule has 6 aliphatic heterocycles. The largest absolute Gasteiger partial charge is 0.507 e. The van der Waals surface area contributed by atoms with Gasteiger partial charge in [0.25, 0.3) is 5.91 Å². The zero-order valence-electron chi connectivity index (χ0n) is 46.5. The van der Waals surface area contributed by atoms with Gasteiger partial charge in [0, 0.05) is 84.0 Å². The molecular weight excluding hydrogens is 969 g/mol. The van der Waals surface area contributed by atoms with Crippen molar-refractivity contribution in [1.29, 1.82) is 5.26 Å². The Hall–Kier alpha value is -6.65. The maximum absolute atomic E-state index is 13.2. The van der Waals surface area contributed by atoms with E-state index < -0.39 is 5.91 Å². The number of benzene rings is 4. The summed E-state index contributed by atoms with van der Waals surface area (Å²) < 4.78 is 7.18. The Labute approximate surface area is 451 Å². The number of para-hydroxylation sites is 1. The minimum absolute atomic E-state index is 0.0379. The van der Waals surface area contributed by atoms with Gasteiger partial charge < -0.3 is 35.1 Å². The summed E-state index contributed by atoms with van der Waals surface area (Å²) >= 11 is 1.54. The minimum Gasteiger partial charge on any atom is -0.507 e. The molecule has 12 nitrogen and oxygen atoms in total. The van der Waals surface area contributed by atoms with Gasteiger partial charge in [0.15, 0.2) is 6.29 Å². The Morgan fingerprint density at radius 2 is 1.09 bits per heavy atom. The fraction of sp³-hybridized carbons (Fsp3) is 0.476. The average molecular weight is 1040 g/mol. The molecule has 0 bridgehead atoms. The predicted octanol–water partition coefficient (Wildman–Crippen LogP) is 12.6. The first-order valence-corrected chi connectivity index (χ1v) is 27.9. The second kappa shape index (κ2) is 18.2. The van der Waals surface area contributed by atoms with Crippen molar-refractivity contribution >= 4 is 67.9 Å². The summed E-state index contributed by atoms with van der Waals surface area (Å²) in [5.41, 5.74) is 18.2. The van der Waals surface area contributed by atoms with Crippen LogP contribution in [-0.4, -0.2) is 66.7 Å². The maximum Gasteiger partial charge on any atom is 0.346 e. The third-order valence-corrected chi connectivity index (χ3v) is 19.2. The average Bonchev–Trinajstić information content (AvgIpc) is 3.87. The standard InChI is InChI=1S/C26H26N2O2S.C20H25N3O2.C17H23NO2/c1-25(2)9-11-28-12-10-26(3,4)20-21(28)17(25)14-15-13-16(24(29)30-22(15)20)23-27-18-7-5-6-8-19(18)31-23;1-19(2)5-7-23-8-6-20(3,4)15-16(23)14(19)10-12(17(15)24)9-13(11-21)18(22)25;1-16(2)5-7-18-8-6-17(3,4)13-14(18)12(16)9-11(10-19)15(13)20/h5-8,13-14H,9-12H2,1-4H3;9-10,24H,5-8H2,1-4H3,(H2,22,25);9-10,20H,5-8H2,1-4H3/b;13-9-;. The number of nitrogens with two attached hydrogens (primary N) is 1. The van der Waals surface area contributed by atoms with Gasteiger partial charge in [-0.1, -0.05) is 95.2 Å². The molecule has 6 aliphatic rings. The second-order valence-corrected chi connectivity index (χ2v) is 27.1. The molecule has 6 aromatic rings. The minimum atomic E-state index is -0.784. The number of aromatic nitrogens is 1. The van der Waals surface area contributed by atoms with E-state index in [2.05, 4.69) is 104 Å².